The summed E-state index contributed by atoms with van der Waals surface area (Å²) in [5.74, 6) is 0.123. The van der Waals surface area contributed by atoms with Crippen molar-refractivity contribution in [2.75, 3.05) is 20.2 Å². The van der Waals surface area contributed by atoms with Gasteiger partial charge in [0.1, 0.15) is 28.0 Å². The first-order valence-corrected chi connectivity index (χ1v) is 15.2. The van der Waals surface area contributed by atoms with E-state index in [0.717, 1.165) is 25.9 Å². The van der Waals surface area contributed by atoms with Crippen LogP contribution in [-0.2, 0) is 9.61 Å². The number of methoxy groups -OCH3 is 1. The Balaban J connectivity index is 0.000000296. The van der Waals surface area contributed by atoms with Crippen LogP contribution in [0.1, 0.15) is 44.6 Å². The molecule has 0 saturated carbocycles. The lowest BCUT2D eigenvalue weighted by atomic mass is 9.86. The van der Waals surface area contributed by atoms with Gasteiger partial charge in [-0.2, -0.15) is 0 Å². The number of unbranched alkanes of at least 4 members (excludes halogenated alkanes) is 1. The first-order valence-electron chi connectivity index (χ1n) is 14.8. The van der Waals surface area contributed by atoms with Gasteiger partial charge in [0.05, 0.1) is 13.2 Å². The zero-order valence-corrected chi connectivity index (χ0v) is 25.4. The largest absolute Gasteiger partial charge is 0.497 e. The summed E-state index contributed by atoms with van der Waals surface area (Å²) >= 11 is 7.02. The van der Waals surface area contributed by atoms with Crippen LogP contribution in [0, 0.1) is 11.7 Å². The van der Waals surface area contributed by atoms with Gasteiger partial charge in [-0.1, -0.05) is 68.3 Å². The molecule has 0 bridgehead atoms. The maximum Gasteiger partial charge on any atom is 0.177 e. The first kappa shape index (κ1) is 32.5. The van der Waals surface area contributed by atoms with Crippen molar-refractivity contribution in [2.45, 2.75) is 56.1 Å². The number of ether oxygens (including phenoxy) is 3. The van der Waals surface area contributed by atoms with Gasteiger partial charge in [-0.3, -0.25) is 0 Å². The Hall–Kier alpha value is -3.39. The Morgan fingerprint density at radius 1 is 1.00 bits per heavy atom. The van der Waals surface area contributed by atoms with E-state index >= 15 is 4.39 Å². The van der Waals surface area contributed by atoms with Crippen LogP contribution in [0.25, 0.3) is 0 Å². The summed E-state index contributed by atoms with van der Waals surface area (Å²) in [6.45, 7) is 4.33. The molecule has 0 radical (unpaired) electrons. The molecule has 0 spiro atoms. The average molecular weight is 612 g/mol. The molecule has 2 unspecified atom stereocenters. The fourth-order valence-electron chi connectivity index (χ4n) is 5.23. The lowest BCUT2D eigenvalue weighted by molar-refractivity contribution is 0.0821. The maximum atomic E-state index is 15.2. The average Bonchev–Trinajstić information content (AvgIpc) is 3.04. The van der Waals surface area contributed by atoms with Crippen molar-refractivity contribution in [1.29, 1.82) is 0 Å². The highest BCUT2D eigenvalue weighted by Gasteiger charge is 2.47. The van der Waals surface area contributed by atoms with E-state index in [-0.39, 0.29) is 23.2 Å². The highest BCUT2D eigenvalue weighted by molar-refractivity contribution is 6.26. The van der Waals surface area contributed by atoms with Gasteiger partial charge in [-0.05, 0) is 68.1 Å². The SMILES string of the molecule is CCCCC(O)[C@@H]1CCCNC1.COC1=C[C@](Cl)(c2cccc(F)c2Oc2ccccc2)C(Oc2ccccc2)C(F)=C1. The van der Waals surface area contributed by atoms with E-state index in [0.29, 0.717) is 17.4 Å². The normalized spacial score (nSPS) is 22.3. The van der Waals surface area contributed by atoms with E-state index in [9.17, 15) is 9.50 Å². The van der Waals surface area contributed by atoms with Crippen molar-refractivity contribution in [1.82, 2.24) is 5.32 Å². The zero-order valence-electron chi connectivity index (χ0n) is 24.6. The molecule has 8 heteroatoms. The van der Waals surface area contributed by atoms with E-state index in [1.807, 2.05) is 12.1 Å². The summed E-state index contributed by atoms with van der Waals surface area (Å²) in [4.78, 5) is -1.65. The Kier molecular flexibility index (Phi) is 12.0. The summed E-state index contributed by atoms with van der Waals surface area (Å²) in [6.07, 6.45) is 7.14. The molecule has 2 aliphatic rings. The molecule has 5 nitrogen and oxygen atoms in total. The van der Waals surface area contributed by atoms with Crippen molar-refractivity contribution >= 4 is 11.6 Å². The molecule has 3 aromatic carbocycles. The minimum absolute atomic E-state index is 0.0576. The number of allylic oxidation sites excluding steroid dienone is 1. The summed E-state index contributed by atoms with van der Waals surface area (Å²) in [7, 11) is 1.40. The second-order valence-electron chi connectivity index (χ2n) is 10.7. The number of hydrogen-bond acceptors (Lipinski definition) is 5. The molecule has 1 aliphatic carbocycles. The molecule has 1 aliphatic heterocycles. The lowest BCUT2D eigenvalue weighted by Crippen LogP contribution is -2.40. The third-order valence-electron chi connectivity index (χ3n) is 7.57. The van der Waals surface area contributed by atoms with E-state index in [1.165, 1.54) is 50.7 Å². The molecule has 4 atom stereocenters. The summed E-state index contributed by atoms with van der Waals surface area (Å²) in [6, 6.07) is 21.8. The molecule has 1 fully saturated rings. The van der Waals surface area contributed by atoms with Gasteiger partial charge in [-0.15, -0.1) is 11.6 Å². The number of aliphatic hydroxyl groups is 1. The molecule has 5 rings (SSSR count). The van der Waals surface area contributed by atoms with Gasteiger partial charge < -0.3 is 24.6 Å². The molecule has 2 N–H and O–H groups in total. The third kappa shape index (κ3) is 8.59. The summed E-state index contributed by atoms with van der Waals surface area (Å²) in [5, 5.41) is 13.1. The van der Waals surface area contributed by atoms with E-state index < -0.39 is 22.6 Å². The van der Waals surface area contributed by atoms with E-state index in [2.05, 4.69) is 12.2 Å². The smallest absolute Gasteiger partial charge is 0.177 e. The monoisotopic (exact) mass is 611 g/mol. The molecule has 0 aromatic heterocycles. The van der Waals surface area contributed by atoms with Gasteiger partial charge >= 0.3 is 0 Å². The number of para-hydroxylation sites is 3. The number of nitrogens with one attached hydrogen (secondary N) is 1. The number of hydrogen-bond donors (Lipinski definition) is 2. The maximum absolute atomic E-state index is 15.2. The van der Waals surface area contributed by atoms with Crippen molar-refractivity contribution < 1.29 is 28.1 Å². The number of benzene rings is 3. The van der Waals surface area contributed by atoms with Crippen LogP contribution in [-0.4, -0.2) is 37.5 Å². The third-order valence-corrected chi connectivity index (χ3v) is 8.08. The quantitative estimate of drug-likeness (QED) is 0.225. The molecule has 0 amide bonds. The van der Waals surface area contributed by atoms with Crippen LogP contribution in [0.5, 0.6) is 17.2 Å². The predicted octanol–water partition coefficient (Wildman–Crippen LogP) is 8.43. The van der Waals surface area contributed by atoms with Crippen molar-refractivity contribution in [3.05, 3.63) is 114 Å². The number of halogens is 3. The van der Waals surface area contributed by atoms with Crippen LogP contribution >= 0.6 is 11.6 Å². The van der Waals surface area contributed by atoms with Crippen LogP contribution in [0.3, 0.4) is 0 Å². The first-order chi connectivity index (χ1) is 20.9. The molecule has 3 aromatic rings. The topological polar surface area (TPSA) is 60.0 Å². The molecular formula is C35H40ClF2NO4. The molecule has 43 heavy (non-hydrogen) atoms. The number of rotatable bonds is 10. The lowest BCUT2D eigenvalue weighted by Gasteiger charge is -2.36. The van der Waals surface area contributed by atoms with Gasteiger partial charge in [-0.25, -0.2) is 8.78 Å². The second-order valence-corrected chi connectivity index (χ2v) is 11.3. The van der Waals surface area contributed by atoms with Gasteiger partial charge in [0.25, 0.3) is 0 Å². The second kappa shape index (κ2) is 15.9. The molecule has 230 valence electrons. The van der Waals surface area contributed by atoms with Crippen molar-refractivity contribution in [3.8, 4) is 17.2 Å². The van der Waals surface area contributed by atoms with E-state index in [1.54, 1.807) is 54.6 Å². The Morgan fingerprint density at radius 2 is 1.70 bits per heavy atom. The number of aliphatic hydroxyl groups excluding tert-OH is 1. The highest BCUT2D eigenvalue weighted by Crippen LogP contribution is 2.48. The van der Waals surface area contributed by atoms with E-state index in [4.69, 9.17) is 25.8 Å². The molecule has 1 heterocycles. The van der Waals surface area contributed by atoms with Crippen LogP contribution in [0.15, 0.2) is 103 Å². The van der Waals surface area contributed by atoms with Gasteiger partial charge in [0.15, 0.2) is 17.7 Å². The number of alkyl halides is 1. The minimum Gasteiger partial charge on any atom is -0.497 e. The summed E-state index contributed by atoms with van der Waals surface area (Å²) in [5.41, 5.74) is 0.205. The van der Waals surface area contributed by atoms with Crippen LogP contribution in [0.2, 0.25) is 0 Å². The van der Waals surface area contributed by atoms with Crippen LogP contribution in [0.4, 0.5) is 8.78 Å². The van der Waals surface area contributed by atoms with Gasteiger partial charge in [0.2, 0.25) is 0 Å². The van der Waals surface area contributed by atoms with Crippen molar-refractivity contribution in [3.63, 3.8) is 0 Å². The Labute approximate surface area is 258 Å². The highest BCUT2D eigenvalue weighted by atomic mass is 35.5. The van der Waals surface area contributed by atoms with Crippen LogP contribution < -0.4 is 14.8 Å². The summed E-state index contributed by atoms with van der Waals surface area (Å²) < 4.78 is 47.1. The zero-order chi connectivity index (χ0) is 30.7. The van der Waals surface area contributed by atoms with Gasteiger partial charge in [0, 0.05) is 18.2 Å². The Morgan fingerprint density at radius 3 is 2.33 bits per heavy atom. The Bertz CT molecular complexity index is 1350. The molecule has 1 saturated heterocycles. The minimum atomic E-state index is -1.65. The molecular weight excluding hydrogens is 572 g/mol. The standard InChI is InChI=1S/C25H19ClF2O3.C10H21NO/c1-29-19-15-22(28)24(31-18-11-6-3-7-12-18)25(26,16-19)20-13-8-14-21(27)23(20)30-17-9-4-2-5-10-17;1-2-3-6-10(12)9-5-4-7-11-8-9/h2-16,24H,1H3;9-12H,2-8H2,1H3/t24?,25-;9-,10?/m01/s1. The fourth-order valence-corrected chi connectivity index (χ4v) is 5.63. The number of piperidine rings is 1. The van der Waals surface area contributed by atoms with Crippen molar-refractivity contribution in [2.24, 2.45) is 5.92 Å². The fraction of sp³-hybridized carbons (Fsp3) is 0.371. The predicted molar refractivity (Wildman–Crippen MR) is 167 cm³/mol.